The van der Waals surface area contributed by atoms with E-state index in [1.807, 2.05) is 0 Å². The lowest BCUT2D eigenvalue weighted by molar-refractivity contribution is -0.145. The minimum Gasteiger partial charge on any atom is -0.497 e. The molecular formula is C22H22O7. The summed E-state index contributed by atoms with van der Waals surface area (Å²) in [6.45, 7) is 3.57. The third-order valence-corrected chi connectivity index (χ3v) is 4.33. The molecule has 7 nitrogen and oxygen atoms in total. The molecule has 1 aliphatic heterocycles. The summed E-state index contributed by atoms with van der Waals surface area (Å²) >= 11 is 0. The van der Waals surface area contributed by atoms with Gasteiger partial charge >= 0.3 is 5.97 Å². The van der Waals surface area contributed by atoms with Crippen LogP contribution in [0.1, 0.15) is 28.4 Å². The molecule has 0 radical (unpaired) electrons. The van der Waals surface area contributed by atoms with Crippen molar-refractivity contribution in [3.8, 4) is 23.0 Å². The van der Waals surface area contributed by atoms with Gasteiger partial charge in [0.1, 0.15) is 23.0 Å². The Kier molecular flexibility index (Phi) is 6.07. The number of esters is 1. The Morgan fingerprint density at radius 1 is 1.10 bits per heavy atom. The molecule has 0 unspecified atom stereocenters. The summed E-state index contributed by atoms with van der Waals surface area (Å²) in [6.07, 6.45) is 1.61. The molecule has 0 fully saturated rings. The SMILES string of the molecule is CCOC(=O)COc1cc(C)c2c(c1)O/C(=C\c1cc(OC)ccc1OC)C2=O. The molecule has 29 heavy (non-hydrogen) atoms. The molecule has 0 saturated heterocycles. The van der Waals surface area contributed by atoms with Gasteiger partial charge < -0.3 is 23.7 Å². The molecule has 7 heteroatoms. The van der Waals surface area contributed by atoms with Gasteiger partial charge in [0.15, 0.2) is 12.4 Å². The van der Waals surface area contributed by atoms with E-state index in [1.165, 1.54) is 0 Å². The number of Topliss-reactive ketones (excluding diaryl/α,β-unsaturated/α-hetero) is 1. The molecule has 0 saturated carbocycles. The summed E-state index contributed by atoms with van der Waals surface area (Å²) in [5.74, 6) is 1.47. The van der Waals surface area contributed by atoms with Crippen molar-refractivity contribution in [3.63, 3.8) is 0 Å². The van der Waals surface area contributed by atoms with Crippen LogP contribution in [0, 0.1) is 6.92 Å². The van der Waals surface area contributed by atoms with Crippen LogP contribution in [0.3, 0.4) is 0 Å². The highest BCUT2D eigenvalue weighted by Gasteiger charge is 2.30. The van der Waals surface area contributed by atoms with Gasteiger partial charge in [-0.1, -0.05) is 0 Å². The summed E-state index contributed by atoms with van der Waals surface area (Å²) in [6, 6.07) is 8.55. The molecule has 0 spiro atoms. The summed E-state index contributed by atoms with van der Waals surface area (Å²) in [7, 11) is 3.11. The van der Waals surface area contributed by atoms with Crippen molar-refractivity contribution >= 4 is 17.8 Å². The highest BCUT2D eigenvalue weighted by Crippen LogP contribution is 2.38. The van der Waals surface area contributed by atoms with Gasteiger partial charge in [-0.2, -0.15) is 0 Å². The van der Waals surface area contributed by atoms with E-state index in [2.05, 4.69) is 0 Å². The van der Waals surface area contributed by atoms with E-state index >= 15 is 0 Å². The van der Waals surface area contributed by atoms with E-state index in [0.717, 1.165) is 0 Å². The first-order valence-corrected chi connectivity index (χ1v) is 9.06. The lowest BCUT2D eigenvalue weighted by atomic mass is 10.0. The number of ether oxygens (including phenoxy) is 5. The number of hydrogen-bond donors (Lipinski definition) is 0. The first kappa shape index (κ1) is 20.3. The molecule has 2 aromatic carbocycles. The highest BCUT2D eigenvalue weighted by molar-refractivity contribution is 6.15. The van der Waals surface area contributed by atoms with Crippen LogP contribution >= 0.6 is 0 Å². The van der Waals surface area contributed by atoms with Gasteiger partial charge in [0.25, 0.3) is 0 Å². The van der Waals surface area contributed by atoms with Crippen LogP contribution < -0.4 is 18.9 Å². The normalized spacial score (nSPS) is 13.7. The lowest BCUT2D eigenvalue weighted by Gasteiger charge is -2.09. The van der Waals surface area contributed by atoms with E-state index in [1.54, 1.807) is 64.5 Å². The number of fused-ring (bicyclic) bond motifs is 1. The zero-order chi connectivity index (χ0) is 21.0. The van der Waals surface area contributed by atoms with Crippen molar-refractivity contribution in [1.82, 2.24) is 0 Å². The maximum atomic E-state index is 12.9. The van der Waals surface area contributed by atoms with E-state index in [4.69, 9.17) is 23.7 Å². The molecule has 0 atom stereocenters. The van der Waals surface area contributed by atoms with Crippen LogP contribution in [0.5, 0.6) is 23.0 Å². The number of rotatable bonds is 7. The first-order valence-electron chi connectivity index (χ1n) is 9.06. The van der Waals surface area contributed by atoms with E-state index in [9.17, 15) is 9.59 Å². The maximum absolute atomic E-state index is 12.9. The lowest BCUT2D eigenvalue weighted by Crippen LogP contribution is -2.14. The Hall–Kier alpha value is -3.48. The number of allylic oxidation sites excluding steroid dienone is 1. The fourth-order valence-corrected chi connectivity index (χ4v) is 3.00. The summed E-state index contributed by atoms with van der Waals surface area (Å²) in [4.78, 5) is 24.3. The Bertz CT molecular complexity index is 975. The van der Waals surface area contributed by atoms with Crippen molar-refractivity contribution < 1.29 is 33.3 Å². The first-order chi connectivity index (χ1) is 14.0. The van der Waals surface area contributed by atoms with Gasteiger partial charge in [-0.3, -0.25) is 4.79 Å². The van der Waals surface area contributed by atoms with E-state index < -0.39 is 5.97 Å². The second kappa shape index (κ2) is 8.68. The van der Waals surface area contributed by atoms with Crippen LogP contribution in [0.4, 0.5) is 0 Å². The summed E-state index contributed by atoms with van der Waals surface area (Å²) in [5.41, 5.74) is 1.80. The van der Waals surface area contributed by atoms with Gasteiger partial charge in [-0.05, 0) is 49.8 Å². The standard InChI is InChI=1S/C22H22O7/c1-5-27-20(23)12-28-16-8-13(2)21-18(11-16)29-19(22(21)24)10-14-9-15(25-3)6-7-17(14)26-4/h6-11H,5,12H2,1-4H3/b19-10-. The van der Waals surface area contributed by atoms with Crippen LogP contribution in [0.2, 0.25) is 0 Å². The third kappa shape index (κ3) is 4.34. The van der Waals surface area contributed by atoms with Crippen molar-refractivity contribution in [2.45, 2.75) is 13.8 Å². The predicted octanol–water partition coefficient (Wildman–Crippen LogP) is 3.57. The van der Waals surface area contributed by atoms with Crippen LogP contribution in [0.25, 0.3) is 6.08 Å². The van der Waals surface area contributed by atoms with Gasteiger partial charge in [0.05, 0.1) is 26.4 Å². The van der Waals surface area contributed by atoms with E-state index in [-0.39, 0.29) is 24.8 Å². The van der Waals surface area contributed by atoms with Crippen LogP contribution in [-0.2, 0) is 9.53 Å². The molecule has 2 aromatic rings. The summed E-state index contributed by atoms with van der Waals surface area (Å²) < 4.78 is 26.7. The van der Waals surface area contributed by atoms with Crippen molar-refractivity contribution in [1.29, 1.82) is 0 Å². The Labute approximate surface area is 168 Å². The monoisotopic (exact) mass is 398 g/mol. The second-order valence-corrected chi connectivity index (χ2v) is 6.25. The number of carbonyl (C=O) groups is 2. The van der Waals surface area contributed by atoms with Gasteiger partial charge in [-0.25, -0.2) is 4.79 Å². The molecule has 0 N–H and O–H groups in total. The molecule has 3 rings (SSSR count). The molecule has 0 amide bonds. The molecular weight excluding hydrogens is 376 g/mol. The Balaban J connectivity index is 1.88. The molecule has 152 valence electrons. The average molecular weight is 398 g/mol. The summed E-state index contributed by atoms with van der Waals surface area (Å²) in [5, 5.41) is 0. The number of benzene rings is 2. The third-order valence-electron chi connectivity index (χ3n) is 4.33. The zero-order valence-corrected chi connectivity index (χ0v) is 16.7. The predicted molar refractivity (Wildman–Crippen MR) is 106 cm³/mol. The van der Waals surface area contributed by atoms with Crippen molar-refractivity contribution in [3.05, 3.63) is 52.8 Å². The fourth-order valence-electron chi connectivity index (χ4n) is 3.00. The van der Waals surface area contributed by atoms with Gasteiger partial charge in [0, 0.05) is 11.6 Å². The van der Waals surface area contributed by atoms with Gasteiger partial charge in [-0.15, -0.1) is 0 Å². The van der Waals surface area contributed by atoms with Crippen LogP contribution in [0.15, 0.2) is 36.1 Å². The number of aryl methyl sites for hydroxylation is 1. The quantitative estimate of drug-likeness (QED) is 0.521. The molecule has 1 heterocycles. The number of hydrogen-bond acceptors (Lipinski definition) is 7. The van der Waals surface area contributed by atoms with Gasteiger partial charge in [0.2, 0.25) is 5.78 Å². The second-order valence-electron chi connectivity index (χ2n) is 6.25. The molecule has 0 bridgehead atoms. The minimum atomic E-state index is -0.464. The highest BCUT2D eigenvalue weighted by atomic mass is 16.6. The maximum Gasteiger partial charge on any atom is 0.344 e. The number of methoxy groups -OCH3 is 2. The van der Waals surface area contributed by atoms with Crippen LogP contribution in [-0.4, -0.2) is 39.2 Å². The molecule has 0 aliphatic carbocycles. The topological polar surface area (TPSA) is 80.3 Å². The smallest absolute Gasteiger partial charge is 0.344 e. The Morgan fingerprint density at radius 2 is 1.90 bits per heavy atom. The van der Waals surface area contributed by atoms with E-state index in [0.29, 0.717) is 39.7 Å². The van der Waals surface area contributed by atoms with Crippen molar-refractivity contribution in [2.75, 3.05) is 27.4 Å². The Morgan fingerprint density at radius 3 is 2.59 bits per heavy atom. The number of carbonyl (C=O) groups excluding carboxylic acids is 2. The largest absolute Gasteiger partial charge is 0.497 e. The minimum absolute atomic E-state index is 0.164. The molecule has 0 aromatic heterocycles. The zero-order valence-electron chi connectivity index (χ0n) is 16.7. The molecule has 1 aliphatic rings. The van der Waals surface area contributed by atoms with Crippen molar-refractivity contribution in [2.24, 2.45) is 0 Å². The fraction of sp³-hybridized carbons (Fsp3) is 0.273. The number of ketones is 1. The average Bonchev–Trinajstić information content (AvgIpc) is 3.02.